The van der Waals surface area contributed by atoms with E-state index in [4.69, 9.17) is 9.56 Å². The number of hydrogen-bond donors (Lipinski definition) is 2. The molecule has 0 bridgehead atoms. The third-order valence-corrected chi connectivity index (χ3v) is 6.17. The van der Waals surface area contributed by atoms with E-state index in [2.05, 4.69) is 4.72 Å². The molecule has 9 heteroatoms. The van der Waals surface area contributed by atoms with Crippen molar-refractivity contribution in [3.05, 3.63) is 47.9 Å². The molecule has 1 aliphatic carbocycles. The summed E-state index contributed by atoms with van der Waals surface area (Å²) in [7, 11) is -7.84. The minimum atomic E-state index is -3.97. The smallest absolute Gasteiger partial charge is 0.241 e. The fraction of sp³-hybridized carbons (Fsp3) is 0.286. The first kappa shape index (κ1) is 16.2. The van der Waals surface area contributed by atoms with E-state index in [1.54, 1.807) is 12.3 Å². The van der Waals surface area contributed by atoms with E-state index in [9.17, 15) is 16.8 Å². The Morgan fingerprint density at radius 3 is 2.61 bits per heavy atom. The lowest BCUT2D eigenvalue weighted by Crippen LogP contribution is -2.30. The largest absolute Gasteiger partial charge is 0.469 e. The Morgan fingerprint density at radius 1 is 1.13 bits per heavy atom. The third kappa shape index (κ3) is 3.32. The van der Waals surface area contributed by atoms with Crippen molar-refractivity contribution >= 4 is 20.0 Å². The van der Waals surface area contributed by atoms with Gasteiger partial charge in [-0.2, -0.15) is 0 Å². The van der Waals surface area contributed by atoms with Crippen LogP contribution in [0.5, 0.6) is 0 Å². The van der Waals surface area contributed by atoms with Crippen molar-refractivity contribution in [3.63, 3.8) is 0 Å². The molecule has 0 aliphatic heterocycles. The molecule has 3 N–H and O–H groups in total. The van der Waals surface area contributed by atoms with Crippen LogP contribution in [0, 0.1) is 0 Å². The maximum absolute atomic E-state index is 12.5. The molecule has 1 unspecified atom stereocenters. The summed E-state index contributed by atoms with van der Waals surface area (Å²) in [5.74, 6) is 0.780. The summed E-state index contributed by atoms with van der Waals surface area (Å²) in [6, 6.07) is 6.34. The van der Waals surface area contributed by atoms with Crippen LogP contribution in [0.1, 0.15) is 30.2 Å². The Labute approximate surface area is 134 Å². The number of nitrogens with two attached hydrogens (primary N) is 1. The van der Waals surface area contributed by atoms with Gasteiger partial charge in [0, 0.05) is 12.0 Å². The van der Waals surface area contributed by atoms with Gasteiger partial charge < -0.3 is 4.42 Å². The van der Waals surface area contributed by atoms with E-state index in [1.165, 1.54) is 18.2 Å². The summed E-state index contributed by atoms with van der Waals surface area (Å²) < 4.78 is 55.8. The van der Waals surface area contributed by atoms with Gasteiger partial charge in [0.15, 0.2) is 0 Å². The van der Waals surface area contributed by atoms with E-state index in [1.807, 2.05) is 0 Å². The molecule has 2 aromatic rings. The molecule has 0 spiro atoms. The van der Waals surface area contributed by atoms with Crippen molar-refractivity contribution in [2.75, 3.05) is 0 Å². The molecule has 0 amide bonds. The fourth-order valence-corrected chi connectivity index (χ4v) is 4.61. The highest BCUT2D eigenvalue weighted by atomic mass is 32.2. The second kappa shape index (κ2) is 5.75. The summed E-state index contributed by atoms with van der Waals surface area (Å²) in [5.41, 5.74) is 0.822. The molecular formula is C14H16N2O5S2. The number of benzene rings is 1. The Bertz CT molecular complexity index is 932. The molecule has 1 atom stereocenters. The molecule has 0 fully saturated rings. The number of furan rings is 1. The maximum Gasteiger partial charge on any atom is 0.241 e. The molecule has 1 aromatic heterocycles. The first-order chi connectivity index (χ1) is 10.8. The second-order valence-corrected chi connectivity index (χ2v) is 8.66. The number of aryl methyl sites for hydroxylation is 1. The number of nitrogens with one attached hydrogen (secondary N) is 1. The summed E-state index contributed by atoms with van der Waals surface area (Å²) in [4.78, 5) is -0.382. The number of fused-ring (bicyclic) bond motifs is 1. The molecule has 0 radical (unpaired) electrons. The van der Waals surface area contributed by atoms with Gasteiger partial charge in [-0.25, -0.2) is 26.7 Å². The van der Waals surface area contributed by atoms with Gasteiger partial charge in [-0.15, -0.1) is 0 Å². The first-order valence-corrected chi connectivity index (χ1v) is 10.0. The lowest BCUT2D eigenvalue weighted by molar-refractivity contribution is 0.438. The number of primary sulfonamides is 1. The van der Waals surface area contributed by atoms with Crippen molar-refractivity contribution in [3.8, 4) is 0 Å². The van der Waals surface area contributed by atoms with Gasteiger partial charge in [-0.05, 0) is 37.1 Å². The van der Waals surface area contributed by atoms with Crippen LogP contribution in [0.3, 0.4) is 0 Å². The van der Waals surface area contributed by atoms with Crippen LogP contribution in [0.25, 0.3) is 0 Å². The molecule has 3 rings (SSSR count). The Kier molecular flexibility index (Phi) is 4.05. The zero-order valence-electron chi connectivity index (χ0n) is 12.1. The highest BCUT2D eigenvalue weighted by molar-refractivity contribution is 7.90. The van der Waals surface area contributed by atoms with Crippen LogP contribution in [0.4, 0.5) is 0 Å². The lowest BCUT2D eigenvalue weighted by Gasteiger charge is -2.22. The minimum Gasteiger partial charge on any atom is -0.469 e. The van der Waals surface area contributed by atoms with Crippen LogP contribution in [-0.2, 0) is 26.5 Å². The monoisotopic (exact) mass is 356 g/mol. The summed E-state index contributed by atoms with van der Waals surface area (Å²) in [6.07, 6.45) is 3.78. The second-order valence-electron chi connectivity index (χ2n) is 5.39. The van der Waals surface area contributed by atoms with Gasteiger partial charge in [-0.3, -0.25) is 0 Å². The van der Waals surface area contributed by atoms with Crippen LogP contribution >= 0.6 is 0 Å². The minimum absolute atomic E-state index is 0.139. The zero-order chi connectivity index (χ0) is 16.7. The predicted octanol–water partition coefficient (Wildman–Crippen LogP) is 1.28. The quantitative estimate of drug-likeness (QED) is 0.855. The highest BCUT2D eigenvalue weighted by Gasteiger charge is 2.28. The van der Waals surface area contributed by atoms with Gasteiger partial charge >= 0.3 is 0 Å². The van der Waals surface area contributed by atoms with Crippen LogP contribution in [0.15, 0.2) is 50.8 Å². The standard InChI is InChI=1S/C14H16N2O5S2/c15-22(17,18)10-3-1-4-11(9-10)23(19,20)16-13-5-2-6-14-12(13)7-8-21-14/h1,3-4,7-9,13,16H,2,5-6H2,(H2,15,17,18). The molecule has 23 heavy (non-hydrogen) atoms. The Morgan fingerprint density at radius 2 is 1.87 bits per heavy atom. The molecule has 1 aliphatic rings. The van der Waals surface area contributed by atoms with Crippen molar-refractivity contribution in [2.24, 2.45) is 5.14 Å². The first-order valence-electron chi connectivity index (χ1n) is 6.99. The summed E-state index contributed by atoms with van der Waals surface area (Å²) in [5, 5.41) is 5.05. The number of sulfonamides is 2. The summed E-state index contributed by atoms with van der Waals surface area (Å²) in [6.45, 7) is 0. The van der Waals surface area contributed by atoms with Gasteiger partial charge in [0.1, 0.15) is 5.76 Å². The van der Waals surface area contributed by atoms with E-state index < -0.39 is 20.0 Å². The van der Waals surface area contributed by atoms with Gasteiger partial charge in [0.05, 0.1) is 22.1 Å². The average Bonchev–Trinajstić information content (AvgIpc) is 2.96. The molecule has 0 saturated carbocycles. The van der Waals surface area contributed by atoms with E-state index in [0.29, 0.717) is 6.42 Å². The van der Waals surface area contributed by atoms with E-state index in [-0.39, 0.29) is 15.8 Å². The van der Waals surface area contributed by atoms with Crippen LogP contribution < -0.4 is 9.86 Å². The number of hydrogen-bond acceptors (Lipinski definition) is 5. The molecular weight excluding hydrogens is 340 g/mol. The summed E-state index contributed by atoms with van der Waals surface area (Å²) >= 11 is 0. The fourth-order valence-electron chi connectivity index (χ4n) is 2.68. The van der Waals surface area contributed by atoms with E-state index in [0.717, 1.165) is 30.2 Å². The van der Waals surface area contributed by atoms with Gasteiger partial charge in [0.25, 0.3) is 0 Å². The number of rotatable bonds is 4. The lowest BCUT2D eigenvalue weighted by atomic mass is 9.94. The van der Waals surface area contributed by atoms with Gasteiger partial charge in [-0.1, -0.05) is 6.07 Å². The Balaban J connectivity index is 1.92. The van der Waals surface area contributed by atoms with Crippen molar-refractivity contribution in [1.29, 1.82) is 0 Å². The Hall–Kier alpha value is -1.68. The molecule has 1 heterocycles. The van der Waals surface area contributed by atoms with Gasteiger partial charge in [0.2, 0.25) is 20.0 Å². The average molecular weight is 356 g/mol. The maximum atomic E-state index is 12.5. The van der Waals surface area contributed by atoms with Crippen molar-refractivity contribution in [1.82, 2.24) is 4.72 Å². The van der Waals surface area contributed by atoms with E-state index >= 15 is 0 Å². The normalized spacial score (nSPS) is 18.6. The zero-order valence-corrected chi connectivity index (χ0v) is 13.7. The van der Waals surface area contributed by atoms with Crippen molar-refractivity contribution in [2.45, 2.75) is 35.1 Å². The third-order valence-electron chi connectivity index (χ3n) is 3.79. The molecule has 1 aromatic carbocycles. The molecule has 7 nitrogen and oxygen atoms in total. The topological polar surface area (TPSA) is 119 Å². The van der Waals surface area contributed by atoms with Crippen LogP contribution in [0.2, 0.25) is 0 Å². The van der Waals surface area contributed by atoms with Crippen molar-refractivity contribution < 1.29 is 21.3 Å². The molecule has 0 saturated heterocycles. The van der Waals surface area contributed by atoms with Crippen LogP contribution in [-0.4, -0.2) is 16.8 Å². The molecule has 124 valence electrons. The highest BCUT2D eigenvalue weighted by Crippen LogP contribution is 2.31. The SMILES string of the molecule is NS(=O)(=O)c1cccc(S(=O)(=O)NC2CCCc3occc32)c1. The predicted molar refractivity (Wildman–Crippen MR) is 82.5 cm³/mol.